The molecule has 0 aliphatic heterocycles. The number of carbonyl (C=O) groups excluding carboxylic acids is 1. The van der Waals surface area contributed by atoms with Crippen molar-refractivity contribution in [1.29, 1.82) is 0 Å². The molecule has 3 nitrogen and oxygen atoms in total. The van der Waals surface area contributed by atoms with Crippen molar-refractivity contribution in [3.63, 3.8) is 0 Å². The highest BCUT2D eigenvalue weighted by molar-refractivity contribution is 5.86. The molecule has 1 aromatic carbocycles. The number of rotatable bonds is 5. The predicted octanol–water partition coefficient (Wildman–Crippen LogP) is 2.63. The normalized spacial score (nSPS) is 12.1. The topological polar surface area (TPSA) is 46.5 Å². The average molecular weight is 262 g/mol. The lowest BCUT2D eigenvalue weighted by Crippen LogP contribution is -2.22. The van der Waals surface area contributed by atoms with Crippen LogP contribution in [-0.4, -0.2) is 23.8 Å². The smallest absolute Gasteiger partial charge is 0.333 e. The molecule has 3 heteroatoms. The van der Waals surface area contributed by atoms with Crippen LogP contribution in [0.15, 0.2) is 24.3 Å². The van der Waals surface area contributed by atoms with Crippen molar-refractivity contribution in [1.82, 2.24) is 0 Å². The highest BCUT2D eigenvalue weighted by atomic mass is 16.5. The van der Waals surface area contributed by atoms with Crippen LogP contribution in [0.5, 0.6) is 0 Å². The van der Waals surface area contributed by atoms with Crippen molar-refractivity contribution in [2.75, 3.05) is 6.61 Å². The molecule has 0 saturated carbocycles. The van der Waals surface area contributed by atoms with Gasteiger partial charge < -0.3 is 9.84 Å². The second-order valence-corrected chi connectivity index (χ2v) is 5.11. The first-order valence-corrected chi connectivity index (χ1v) is 6.38. The lowest BCUT2D eigenvalue weighted by Gasteiger charge is -2.16. The van der Waals surface area contributed by atoms with E-state index in [4.69, 9.17) is 4.74 Å². The molecule has 1 unspecified atom stereocenters. The number of aliphatic hydroxyl groups is 1. The van der Waals surface area contributed by atoms with Gasteiger partial charge in [0, 0.05) is 12.0 Å². The van der Waals surface area contributed by atoms with E-state index < -0.39 is 12.1 Å². The first-order valence-electron chi connectivity index (χ1n) is 6.38. The summed E-state index contributed by atoms with van der Waals surface area (Å²) >= 11 is 0. The zero-order chi connectivity index (χ0) is 14.6. The molecule has 19 heavy (non-hydrogen) atoms. The van der Waals surface area contributed by atoms with Gasteiger partial charge in [0.25, 0.3) is 0 Å². The number of aliphatic hydroxyl groups excluding tert-OH is 1. The van der Waals surface area contributed by atoms with Crippen LogP contribution in [0.3, 0.4) is 0 Å². The molecule has 0 radical (unpaired) electrons. The molecule has 0 aliphatic rings. The number of hydrogen-bond donors (Lipinski definition) is 1. The molecule has 1 atom stereocenters. The molecular weight excluding hydrogens is 240 g/mol. The Morgan fingerprint density at radius 1 is 1.32 bits per heavy atom. The number of ether oxygens (including phenoxy) is 1. The van der Waals surface area contributed by atoms with Crippen LogP contribution in [0.25, 0.3) is 0 Å². The van der Waals surface area contributed by atoms with Gasteiger partial charge in [-0.2, -0.15) is 0 Å². The number of carbonyl (C=O) groups is 1. The molecule has 0 amide bonds. The summed E-state index contributed by atoms with van der Waals surface area (Å²) in [6.07, 6.45) is -0.204. The Kier molecular flexibility index (Phi) is 5.31. The maximum atomic E-state index is 11.2. The van der Waals surface area contributed by atoms with Crippen molar-refractivity contribution in [3.05, 3.63) is 46.5 Å². The van der Waals surface area contributed by atoms with Crippen LogP contribution in [0, 0.1) is 20.8 Å². The highest BCUT2D eigenvalue weighted by Gasteiger charge is 2.13. The van der Waals surface area contributed by atoms with Crippen LogP contribution >= 0.6 is 0 Å². The lowest BCUT2D eigenvalue weighted by atomic mass is 9.95. The Hall–Kier alpha value is -1.61. The minimum atomic E-state index is -0.691. The van der Waals surface area contributed by atoms with Gasteiger partial charge in [0.15, 0.2) is 0 Å². The molecule has 0 fully saturated rings. The fourth-order valence-electron chi connectivity index (χ4n) is 2.12. The van der Waals surface area contributed by atoms with Crippen molar-refractivity contribution in [2.45, 2.75) is 40.2 Å². The van der Waals surface area contributed by atoms with Gasteiger partial charge in [-0.1, -0.05) is 24.3 Å². The van der Waals surface area contributed by atoms with Crippen molar-refractivity contribution in [3.8, 4) is 0 Å². The minimum Gasteiger partial charge on any atom is -0.460 e. The summed E-state index contributed by atoms with van der Waals surface area (Å²) in [6.45, 7) is 11.2. The molecular formula is C16H22O3. The van der Waals surface area contributed by atoms with Crippen molar-refractivity contribution >= 4 is 5.97 Å². The van der Waals surface area contributed by atoms with Gasteiger partial charge in [-0.3, -0.25) is 0 Å². The van der Waals surface area contributed by atoms with E-state index >= 15 is 0 Å². The van der Waals surface area contributed by atoms with Crippen LogP contribution in [0.1, 0.15) is 29.2 Å². The molecule has 1 rings (SSSR count). The second kappa shape index (κ2) is 6.53. The fourth-order valence-corrected chi connectivity index (χ4v) is 2.12. The summed E-state index contributed by atoms with van der Waals surface area (Å²) in [5.74, 6) is -0.462. The van der Waals surface area contributed by atoms with Crippen LogP contribution in [0.2, 0.25) is 0 Å². The van der Waals surface area contributed by atoms with Crippen LogP contribution in [-0.2, 0) is 16.0 Å². The third-order valence-electron chi connectivity index (χ3n) is 3.04. The van der Waals surface area contributed by atoms with Gasteiger partial charge >= 0.3 is 5.97 Å². The van der Waals surface area contributed by atoms with E-state index in [9.17, 15) is 9.90 Å². The monoisotopic (exact) mass is 262 g/mol. The second-order valence-electron chi connectivity index (χ2n) is 5.11. The summed E-state index contributed by atoms with van der Waals surface area (Å²) in [4.78, 5) is 11.2. The Morgan fingerprint density at radius 2 is 1.84 bits per heavy atom. The summed E-state index contributed by atoms with van der Waals surface area (Å²) in [5.41, 5.74) is 4.98. The first kappa shape index (κ1) is 15.4. The minimum absolute atomic E-state index is 0.00154. The molecule has 0 bridgehead atoms. The van der Waals surface area contributed by atoms with E-state index in [0.29, 0.717) is 12.0 Å². The van der Waals surface area contributed by atoms with E-state index in [1.165, 1.54) is 5.56 Å². The Labute approximate surface area is 114 Å². The van der Waals surface area contributed by atoms with E-state index in [0.717, 1.165) is 16.7 Å². The van der Waals surface area contributed by atoms with Gasteiger partial charge in [0.2, 0.25) is 0 Å². The highest BCUT2D eigenvalue weighted by Crippen LogP contribution is 2.18. The molecule has 1 aromatic rings. The Morgan fingerprint density at radius 3 is 2.32 bits per heavy atom. The number of benzene rings is 1. The molecule has 0 saturated heterocycles. The average Bonchev–Trinajstić information content (AvgIpc) is 2.30. The van der Waals surface area contributed by atoms with E-state index in [1.54, 1.807) is 6.92 Å². The molecule has 0 heterocycles. The Bertz CT molecular complexity index is 466. The summed E-state index contributed by atoms with van der Waals surface area (Å²) in [5, 5.41) is 9.94. The summed E-state index contributed by atoms with van der Waals surface area (Å²) < 4.78 is 4.95. The zero-order valence-electron chi connectivity index (χ0n) is 12.1. The van der Waals surface area contributed by atoms with Crippen molar-refractivity contribution < 1.29 is 14.6 Å². The quantitative estimate of drug-likeness (QED) is 0.655. The summed E-state index contributed by atoms with van der Waals surface area (Å²) in [7, 11) is 0. The maximum absolute atomic E-state index is 11.2. The van der Waals surface area contributed by atoms with Gasteiger partial charge in [-0.15, -0.1) is 0 Å². The summed E-state index contributed by atoms with van der Waals surface area (Å²) in [6, 6.07) is 4.18. The Balaban J connectivity index is 2.65. The van der Waals surface area contributed by atoms with Crippen molar-refractivity contribution in [2.24, 2.45) is 0 Å². The predicted molar refractivity (Wildman–Crippen MR) is 76.1 cm³/mol. The SMILES string of the molecule is C=C(C)C(=O)OCC(O)Cc1c(C)cc(C)cc1C. The van der Waals surface area contributed by atoms with Gasteiger partial charge in [0.1, 0.15) is 6.61 Å². The molecule has 0 aliphatic carbocycles. The molecule has 0 spiro atoms. The van der Waals surface area contributed by atoms with E-state index in [1.807, 2.05) is 13.8 Å². The third kappa shape index (κ3) is 4.52. The lowest BCUT2D eigenvalue weighted by molar-refractivity contribution is -0.141. The van der Waals surface area contributed by atoms with E-state index in [-0.39, 0.29) is 6.61 Å². The maximum Gasteiger partial charge on any atom is 0.333 e. The number of hydrogen-bond acceptors (Lipinski definition) is 3. The zero-order valence-corrected chi connectivity index (χ0v) is 12.1. The molecule has 1 N–H and O–H groups in total. The molecule has 0 aromatic heterocycles. The number of aryl methyl sites for hydroxylation is 3. The largest absolute Gasteiger partial charge is 0.460 e. The van der Waals surface area contributed by atoms with Gasteiger partial charge in [0.05, 0.1) is 6.10 Å². The van der Waals surface area contributed by atoms with E-state index in [2.05, 4.69) is 25.6 Å². The fraction of sp³-hybridized carbons (Fsp3) is 0.438. The number of esters is 1. The van der Waals surface area contributed by atoms with Crippen LogP contribution < -0.4 is 0 Å². The molecule has 104 valence electrons. The standard InChI is InChI=1S/C16H22O3/c1-10(2)16(18)19-9-14(17)8-15-12(4)6-11(3)7-13(15)5/h6-7,14,17H,1,8-9H2,2-5H3. The third-order valence-corrected chi connectivity index (χ3v) is 3.04. The van der Waals surface area contributed by atoms with Gasteiger partial charge in [-0.25, -0.2) is 4.79 Å². The first-order chi connectivity index (χ1) is 8.81. The van der Waals surface area contributed by atoms with Crippen LogP contribution in [0.4, 0.5) is 0 Å². The van der Waals surface area contributed by atoms with Gasteiger partial charge in [-0.05, 0) is 44.4 Å².